The Morgan fingerprint density at radius 3 is 2.89 bits per heavy atom. The predicted octanol–water partition coefficient (Wildman–Crippen LogP) is 2.59. The van der Waals surface area contributed by atoms with Gasteiger partial charge in [0.25, 0.3) is 0 Å². The van der Waals surface area contributed by atoms with Gasteiger partial charge in [-0.3, -0.25) is 4.90 Å². The van der Waals surface area contributed by atoms with E-state index in [1.54, 1.807) is 12.1 Å². The van der Waals surface area contributed by atoms with Gasteiger partial charge in [-0.1, -0.05) is 25.0 Å². The van der Waals surface area contributed by atoms with E-state index in [0.717, 1.165) is 31.6 Å². The third-order valence-corrected chi connectivity index (χ3v) is 4.62. The van der Waals surface area contributed by atoms with Crippen LogP contribution in [0.1, 0.15) is 31.2 Å². The summed E-state index contributed by atoms with van der Waals surface area (Å²) in [5, 5.41) is 3.73. The van der Waals surface area contributed by atoms with Crippen molar-refractivity contribution in [3.8, 4) is 0 Å². The van der Waals surface area contributed by atoms with E-state index >= 15 is 0 Å². The third kappa shape index (κ3) is 3.15. The van der Waals surface area contributed by atoms with Gasteiger partial charge in [0.1, 0.15) is 5.82 Å². The average Bonchev–Trinajstić information content (AvgIpc) is 2.85. The molecule has 0 bridgehead atoms. The molecule has 1 saturated heterocycles. The molecule has 0 unspecified atom stereocenters. The first-order valence-corrected chi connectivity index (χ1v) is 7.48. The van der Waals surface area contributed by atoms with E-state index in [0.29, 0.717) is 5.54 Å². The van der Waals surface area contributed by atoms with Crippen LogP contribution in [0.4, 0.5) is 4.39 Å². The molecule has 0 radical (unpaired) electrons. The Bertz CT molecular complexity index is 427. The Balaban J connectivity index is 1.55. The highest BCUT2D eigenvalue weighted by Crippen LogP contribution is 2.31. The summed E-state index contributed by atoms with van der Waals surface area (Å²) in [7, 11) is 0. The number of benzene rings is 1. The van der Waals surface area contributed by atoms with E-state index in [2.05, 4.69) is 10.2 Å². The van der Waals surface area contributed by atoms with Crippen LogP contribution in [-0.4, -0.2) is 36.6 Å². The van der Waals surface area contributed by atoms with Gasteiger partial charge >= 0.3 is 0 Å². The molecule has 0 aromatic heterocycles. The molecule has 2 nitrogen and oxygen atoms in total. The smallest absolute Gasteiger partial charge is 0.123 e. The Hall–Kier alpha value is -0.930. The van der Waals surface area contributed by atoms with Gasteiger partial charge in [-0.05, 0) is 37.0 Å². The molecule has 0 amide bonds. The van der Waals surface area contributed by atoms with Gasteiger partial charge in [0, 0.05) is 31.7 Å². The molecule has 104 valence electrons. The number of hydrogen-bond donors (Lipinski definition) is 1. The molecule has 2 aliphatic rings. The molecule has 1 aromatic carbocycles. The summed E-state index contributed by atoms with van der Waals surface area (Å²) < 4.78 is 13.1. The lowest BCUT2D eigenvalue weighted by atomic mass is 9.94. The molecule has 1 aliphatic heterocycles. The molecule has 1 N–H and O–H groups in total. The van der Waals surface area contributed by atoms with Crippen LogP contribution in [0.2, 0.25) is 0 Å². The zero-order valence-corrected chi connectivity index (χ0v) is 11.5. The minimum atomic E-state index is -0.120. The van der Waals surface area contributed by atoms with Crippen molar-refractivity contribution in [2.45, 2.75) is 37.6 Å². The number of hydrogen-bond acceptors (Lipinski definition) is 2. The van der Waals surface area contributed by atoms with Crippen LogP contribution < -0.4 is 5.32 Å². The number of halogens is 1. The Labute approximate surface area is 115 Å². The van der Waals surface area contributed by atoms with Gasteiger partial charge in [0.2, 0.25) is 0 Å². The lowest BCUT2D eigenvalue weighted by Crippen LogP contribution is -2.59. The molecule has 1 aliphatic carbocycles. The Morgan fingerprint density at radius 2 is 2.11 bits per heavy atom. The van der Waals surface area contributed by atoms with Gasteiger partial charge in [-0.15, -0.1) is 0 Å². The molecular weight excluding hydrogens is 239 g/mol. The Kier molecular flexibility index (Phi) is 3.85. The van der Waals surface area contributed by atoms with Crippen LogP contribution in [0.5, 0.6) is 0 Å². The van der Waals surface area contributed by atoms with Gasteiger partial charge < -0.3 is 5.32 Å². The first-order chi connectivity index (χ1) is 9.26. The van der Waals surface area contributed by atoms with Crippen molar-refractivity contribution in [3.63, 3.8) is 0 Å². The second kappa shape index (κ2) is 5.59. The molecule has 1 saturated carbocycles. The fourth-order valence-electron chi connectivity index (χ4n) is 3.60. The molecule has 1 heterocycles. The molecule has 0 atom stereocenters. The first kappa shape index (κ1) is 13.1. The molecule has 3 heteroatoms. The SMILES string of the molecule is Fc1cccc(CCN2CCNC3(CCCC3)C2)c1. The quantitative estimate of drug-likeness (QED) is 0.900. The van der Waals surface area contributed by atoms with Crippen LogP contribution in [0.25, 0.3) is 0 Å². The summed E-state index contributed by atoms with van der Waals surface area (Å²) in [6.45, 7) is 4.44. The standard InChI is InChI=1S/C16H23FN2/c17-15-5-3-4-14(12-15)6-10-19-11-9-18-16(13-19)7-1-2-8-16/h3-5,12,18H,1-2,6-11,13H2. The second-order valence-electron chi connectivity index (χ2n) is 6.07. The van der Waals surface area contributed by atoms with Crippen molar-refractivity contribution < 1.29 is 4.39 Å². The topological polar surface area (TPSA) is 15.3 Å². The fourth-order valence-corrected chi connectivity index (χ4v) is 3.60. The van der Waals surface area contributed by atoms with Crippen molar-refractivity contribution in [2.75, 3.05) is 26.2 Å². The lowest BCUT2D eigenvalue weighted by molar-refractivity contribution is 0.136. The number of nitrogens with zero attached hydrogens (tertiary/aromatic N) is 1. The molecule has 19 heavy (non-hydrogen) atoms. The van der Waals surface area contributed by atoms with E-state index in [1.807, 2.05) is 6.07 Å². The lowest BCUT2D eigenvalue weighted by Gasteiger charge is -2.41. The van der Waals surface area contributed by atoms with E-state index in [9.17, 15) is 4.39 Å². The highest BCUT2D eigenvalue weighted by Gasteiger charge is 2.37. The highest BCUT2D eigenvalue weighted by atomic mass is 19.1. The molecule has 1 spiro atoms. The molecule has 3 rings (SSSR count). The van der Waals surface area contributed by atoms with Crippen molar-refractivity contribution in [3.05, 3.63) is 35.6 Å². The van der Waals surface area contributed by atoms with Gasteiger partial charge in [0.15, 0.2) is 0 Å². The second-order valence-corrected chi connectivity index (χ2v) is 6.07. The van der Waals surface area contributed by atoms with Gasteiger partial charge in [0.05, 0.1) is 0 Å². The van der Waals surface area contributed by atoms with E-state index in [-0.39, 0.29) is 5.82 Å². The number of nitrogens with one attached hydrogen (secondary N) is 1. The van der Waals surface area contributed by atoms with Crippen LogP contribution in [-0.2, 0) is 6.42 Å². The highest BCUT2D eigenvalue weighted by molar-refractivity contribution is 5.16. The van der Waals surface area contributed by atoms with E-state index in [1.165, 1.54) is 38.3 Å². The molecular formula is C16H23FN2. The zero-order valence-electron chi connectivity index (χ0n) is 11.5. The Morgan fingerprint density at radius 1 is 1.26 bits per heavy atom. The third-order valence-electron chi connectivity index (χ3n) is 4.62. The summed E-state index contributed by atoms with van der Waals surface area (Å²) in [5.74, 6) is -0.120. The number of rotatable bonds is 3. The maximum Gasteiger partial charge on any atom is 0.123 e. The van der Waals surface area contributed by atoms with Crippen LogP contribution in [0.15, 0.2) is 24.3 Å². The zero-order chi connectivity index (χ0) is 13.1. The summed E-state index contributed by atoms with van der Waals surface area (Å²) in [6.07, 6.45) is 6.33. The van der Waals surface area contributed by atoms with Crippen LogP contribution >= 0.6 is 0 Å². The van der Waals surface area contributed by atoms with Crippen molar-refractivity contribution in [1.29, 1.82) is 0 Å². The number of piperazine rings is 1. The fraction of sp³-hybridized carbons (Fsp3) is 0.625. The largest absolute Gasteiger partial charge is 0.309 e. The summed E-state index contributed by atoms with van der Waals surface area (Å²) in [6, 6.07) is 7.01. The summed E-state index contributed by atoms with van der Waals surface area (Å²) >= 11 is 0. The normalized spacial score (nSPS) is 23.0. The van der Waals surface area contributed by atoms with Crippen LogP contribution in [0.3, 0.4) is 0 Å². The monoisotopic (exact) mass is 262 g/mol. The van der Waals surface area contributed by atoms with E-state index in [4.69, 9.17) is 0 Å². The predicted molar refractivity (Wildman–Crippen MR) is 75.7 cm³/mol. The van der Waals surface area contributed by atoms with E-state index < -0.39 is 0 Å². The van der Waals surface area contributed by atoms with Crippen molar-refractivity contribution in [2.24, 2.45) is 0 Å². The average molecular weight is 262 g/mol. The molecule has 1 aromatic rings. The summed E-state index contributed by atoms with van der Waals surface area (Å²) in [5.41, 5.74) is 1.50. The first-order valence-electron chi connectivity index (χ1n) is 7.48. The van der Waals surface area contributed by atoms with Crippen molar-refractivity contribution >= 4 is 0 Å². The minimum Gasteiger partial charge on any atom is -0.309 e. The minimum absolute atomic E-state index is 0.120. The summed E-state index contributed by atoms with van der Waals surface area (Å²) in [4.78, 5) is 2.55. The van der Waals surface area contributed by atoms with Crippen LogP contribution in [0, 0.1) is 5.82 Å². The molecule has 2 fully saturated rings. The maximum absolute atomic E-state index is 13.1. The maximum atomic E-state index is 13.1. The van der Waals surface area contributed by atoms with Gasteiger partial charge in [-0.25, -0.2) is 4.39 Å². The van der Waals surface area contributed by atoms with Gasteiger partial charge in [-0.2, -0.15) is 0 Å². The van der Waals surface area contributed by atoms with Crippen molar-refractivity contribution in [1.82, 2.24) is 10.2 Å².